The molecule has 0 aromatic carbocycles. The number of thiol groups is 3. The summed E-state index contributed by atoms with van der Waals surface area (Å²) in [4.78, 5) is 132. The van der Waals surface area contributed by atoms with E-state index in [1.54, 1.807) is 0 Å². The number of phosphoric ester groups is 2. The first-order valence-electron chi connectivity index (χ1n) is 33.7. The van der Waals surface area contributed by atoms with E-state index in [1.807, 2.05) is 0 Å². The molecule has 8 aliphatic rings. The van der Waals surface area contributed by atoms with E-state index in [4.69, 9.17) is 105 Å². The Bertz CT molecular complexity index is 5220. The van der Waals surface area contributed by atoms with Gasteiger partial charge in [-0.25, -0.2) is 46.8 Å². The third kappa shape index (κ3) is 16.0. The van der Waals surface area contributed by atoms with Gasteiger partial charge >= 0.3 is 64.5 Å². The van der Waals surface area contributed by atoms with Crippen molar-refractivity contribution in [1.29, 1.82) is 0 Å². The van der Waals surface area contributed by atoms with E-state index in [0.29, 0.717) is 0 Å². The number of fused-ring (bicyclic) bond motifs is 6. The molecule has 112 heavy (non-hydrogen) atoms. The molecule has 13 heterocycles. The number of rotatable bonds is 30. The fourth-order valence-corrected chi connectivity index (χ4v) is 20.5. The van der Waals surface area contributed by atoms with Crippen LogP contribution in [0.25, 0.3) is 0 Å². The van der Waals surface area contributed by atoms with Gasteiger partial charge in [-0.05, 0) is 54.5 Å². The van der Waals surface area contributed by atoms with Crippen molar-refractivity contribution in [3.05, 3.63) is 132 Å². The second-order valence-electron chi connectivity index (χ2n) is 27.4. The van der Waals surface area contributed by atoms with E-state index in [-0.39, 0.29) is 39.7 Å². The van der Waals surface area contributed by atoms with Gasteiger partial charge in [0.2, 0.25) is 0 Å². The van der Waals surface area contributed by atoms with Gasteiger partial charge in [-0.1, -0.05) is 36.7 Å². The maximum atomic E-state index is 15.0. The summed E-state index contributed by atoms with van der Waals surface area (Å²) in [7, 11) is -9.30. The Labute approximate surface area is 645 Å². The van der Waals surface area contributed by atoms with Gasteiger partial charge in [0.25, 0.3) is 11.1 Å². The number of nitrogens with one attached hydrogen (secondary N) is 2. The molecule has 55 heteroatoms. The van der Waals surface area contributed by atoms with Crippen LogP contribution in [0.3, 0.4) is 0 Å². The van der Waals surface area contributed by atoms with Crippen molar-refractivity contribution in [2.24, 2.45) is 0 Å². The number of ether oxygens (including phenoxy) is 9. The highest BCUT2D eigenvalue weighted by atomic mass is 32.7. The number of hydrogen-bond donors (Lipinski definition) is 11. The average Bonchev–Trinajstić information content (AvgIpc) is 1.56. The number of aromatic amines is 2. The molecular weight excluding hydrogens is 1660 g/mol. The Hall–Kier alpha value is -5.28. The number of H-pyrrole nitrogens is 2. The van der Waals surface area contributed by atoms with Crippen LogP contribution < -0.4 is 56.8 Å². The number of aryl methyl sites for hydroxylation is 4. The van der Waals surface area contributed by atoms with E-state index in [2.05, 4.69) is 61.7 Å². The Morgan fingerprint density at radius 1 is 0.527 bits per heavy atom. The Morgan fingerprint density at radius 2 is 0.982 bits per heavy atom. The number of phosphoric acid groups is 2. The topological polar surface area (TPSA) is 614 Å². The second-order valence-corrected chi connectivity index (χ2v) is 38.9. The van der Waals surface area contributed by atoms with Crippen molar-refractivity contribution < 1.29 is 126 Å². The first-order chi connectivity index (χ1) is 52.4. The number of methoxy groups -OCH3 is 1. The molecule has 47 nitrogen and oxygen atoms in total. The number of nitrogen functional groups attached to an aromatic ring is 3. The van der Waals surface area contributed by atoms with Gasteiger partial charge in [0.1, 0.15) is 108 Å². The predicted molar refractivity (Wildman–Crippen MR) is 387 cm³/mol. The molecule has 0 aliphatic carbocycles. The van der Waals surface area contributed by atoms with Gasteiger partial charge in [-0.2, -0.15) is 15.0 Å². The summed E-state index contributed by atoms with van der Waals surface area (Å²) in [6.07, 6.45) is -23.5. The highest BCUT2D eigenvalue weighted by Gasteiger charge is 2.73. The van der Waals surface area contributed by atoms with Gasteiger partial charge in [-0.3, -0.25) is 83.1 Å². The van der Waals surface area contributed by atoms with Gasteiger partial charge in [0.15, 0.2) is 24.9 Å². The van der Waals surface area contributed by atoms with E-state index in [9.17, 15) is 66.7 Å². The molecule has 13 rings (SSSR count). The monoisotopic (exact) mass is 1740 g/mol. The van der Waals surface area contributed by atoms with Gasteiger partial charge in [0, 0.05) is 73.9 Å². The predicted octanol–water partition coefficient (Wildman–Crippen LogP) is 0.148. The molecule has 0 spiro atoms. The van der Waals surface area contributed by atoms with E-state index < -0.39 is 248 Å². The van der Waals surface area contributed by atoms with E-state index >= 15 is 4.57 Å². The molecule has 8 fully saturated rings. The van der Waals surface area contributed by atoms with Crippen molar-refractivity contribution in [2.75, 3.05) is 64.5 Å². The van der Waals surface area contributed by atoms with Crippen LogP contribution in [0.15, 0.2) is 70.6 Å². The first-order valence-corrected chi connectivity index (χ1v) is 44.8. The number of aliphatic hydroxyl groups is 1. The molecular formula is C57H78N13O34P5S3. The van der Waals surface area contributed by atoms with Crippen LogP contribution in [0.1, 0.15) is 80.6 Å². The summed E-state index contributed by atoms with van der Waals surface area (Å²) in [6, 6.07) is 1.27. The number of hydrogen-bond acceptors (Lipinski definition) is 38. The lowest BCUT2D eigenvalue weighted by Gasteiger charge is -2.38. The van der Waals surface area contributed by atoms with Crippen LogP contribution in [0.5, 0.6) is 0 Å². The fourth-order valence-electron chi connectivity index (χ4n) is 14.5. The molecule has 618 valence electrons. The summed E-state index contributed by atoms with van der Waals surface area (Å²) >= 11 is 12.5. The van der Waals surface area contributed by atoms with Crippen LogP contribution in [0.4, 0.5) is 17.5 Å². The maximum Gasteiger partial charge on any atom is 0.472 e. The zero-order valence-electron chi connectivity index (χ0n) is 60.1. The molecule has 27 atom stereocenters. The number of nitrogens with two attached hydrogens (primary N) is 3. The smallest absolute Gasteiger partial charge is 0.393 e. The summed E-state index contributed by atoms with van der Waals surface area (Å²) < 4.78 is 190. The number of aromatic nitrogens is 10. The SMILES string of the molecule is CO[C@H]1C(OP(=O)(S)OC)[C@@H](COP(=O)(S)OC2C[C@H](n3cc(C)c(N)nc3=O)O[C@@H]2COP(=O)(O)OC2[C@@H]3O[C@@H](C)[C@]2(COP(=O)(O)OC2[C@@H]4O[C@@H](C)[C@]2(COP(=O)(S)OC2[C@@H]5O[C@@H](C)[C@]2(CO)O[C@H]5n2cc(C)c(=O)[nH]c2=O)O[C@H]4n2cc(C)c(=O)[nH]c2=O)O[C@H]3n2cc(C)c(N)nc2=O)O[C@H]1n1ccc(N)nc1=O. The summed E-state index contributed by atoms with van der Waals surface area (Å²) in [5, 5.41) is 10.9. The zero-order chi connectivity index (χ0) is 81.4. The molecule has 10 unspecified atom stereocenters. The van der Waals surface area contributed by atoms with Crippen molar-refractivity contribution >= 4 is 90.2 Å². The number of anilines is 3. The lowest BCUT2D eigenvalue weighted by Crippen LogP contribution is -2.52. The molecule has 0 radical (unpaired) electrons. The van der Waals surface area contributed by atoms with Gasteiger partial charge < -0.3 is 79.2 Å². The summed E-state index contributed by atoms with van der Waals surface area (Å²) in [5.41, 5.74) is 5.22. The fraction of sp³-hybridized carbons (Fsp3) is 0.649. The Morgan fingerprint density at radius 3 is 1.51 bits per heavy atom. The third-order valence-electron chi connectivity index (χ3n) is 20.4. The second kappa shape index (κ2) is 31.2. The van der Waals surface area contributed by atoms with E-state index in [1.165, 1.54) is 86.4 Å². The highest BCUT2D eigenvalue weighted by molar-refractivity contribution is 8.45. The maximum absolute atomic E-state index is 15.0. The van der Waals surface area contributed by atoms with Crippen LogP contribution >= 0.6 is 72.8 Å². The molecule has 8 aliphatic heterocycles. The minimum Gasteiger partial charge on any atom is -0.393 e. The Kier molecular flexibility index (Phi) is 23.6. The van der Waals surface area contributed by atoms with Crippen LogP contribution in [-0.4, -0.2) is 212 Å². The minimum absolute atomic E-state index is 0.0299. The lowest BCUT2D eigenvalue weighted by molar-refractivity contribution is -0.219. The third-order valence-corrected chi connectivity index (χ3v) is 27.3. The van der Waals surface area contributed by atoms with E-state index in [0.717, 1.165) is 36.1 Å². The normalized spacial score (nSPS) is 35.9. The Balaban J connectivity index is 0.761. The quantitative estimate of drug-likeness (QED) is 0.0215. The highest BCUT2D eigenvalue weighted by Crippen LogP contribution is 2.66. The van der Waals surface area contributed by atoms with Crippen LogP contribution in [-0.2, 0) is 111 Å². The number of aliphatic hydroxyl groups excluding tert-OH is 1. The van der Waals surface area contributed by atoms with Crippen molar-refractivity contribution in [3.8, 4) is 0 Å². The molecule has 6 bridgehead atoms. The standard InChI is InChI=1S/C57H78N13O34P5S3/c1-22-13-67(51(75)62-42(22)59)33-12-29(100-108(84,111)89-18-31-34(101-107(83,110)87-9)35(86-8)46(96-31)66-11-10-32(58)61-50(66)74)30(95-33)17-88-105(79,80)102-40-37-48(68-14-23(2)43(60)63-52(68)76)98-56(40,27(6)93-37)20-90-106(81,82)103-41-38-49(70-16-25(4)45(73)65-54(70)78)99-57(41,28(7)94-38)21-91-109(85,112)104-39-36-47(97-55(39,19-71)26(5)92-36)69-15-24(3)44(72)64-53(69)77/h10-11,13-16,26-31,33-41,46-49,71H,12,17-21H2,1-9H3,(H,79,80)(H,81,82)(H,83,110)(H,84,111)(H,85,112)(H2,58,61,74)(H2,59,62,75)(H2,60,63,76)(H,64,72,77)(H,65,73,78)/t26-,27-,28-,29?,30+,31+,33+,34?,35-,36-,37-,38-,39?,40?,41?,46+,47+,48+,49+,55-,56-,57-,107?,108?,109?/m0/s1. The molecule has 5 aromatic heterocycles. The van der Waals surface area contributed by atoms with Crippen LogP contribution in [0, 0.1) is 27.7 Å². The van der Waals surface area contributed by atoms with Crippen molar-refractivity contribution in [1.82, 2.24) is 47.8 Å². The van der Waals surface area contributed by atoms with Crippen molar-refractivity contribution in [3.63, 3.8) is 0 Å². The lowest BCUT2D eigenvalue weighted by atomic mass is 9.94. The molecule has 11 N–H and O–H groups in total. The number of nitrogens with zero attached hydrogens (tertiary/aromatic N) is 8. The van der Waals surface area contributed by atoms with Crippen molar-refractivity contribution in [2.45, 2.75) is 188 Å². The molecule has 8 saturated heterocycles. The molecule has 0 saturated carbocycles. The average molecular weight is 1740 g/mol. The molecule has 5 aromatic rings. The summed E-state index contributed by atoms with van der Waals surface area (Å²) in [5.74, 6) is -0.504. The summed E-state index contributed by atoms with van der Waals surface area (Å²) in [6.45, 7) is -8.99. The van der Waals surface area contributed by atoms with Gasteiger partial charge in [-0.15, -0.1) is 0 Å². The largest absolute Gasteiger partial charge is 0.472 e. The van der Waals surface area contributed by atoms with Crippen LogP contribution in [0.2, 0.25) is 0 Å². The minimum atomic E-state index is -5.81. The first kappa shape index (κ1) is 84.6. The van der Waals surface area contributed by atoms with Gasteiger partial charge in [0.05, 0.1) is 51.3 Å². The zero-order valence-corrected chi connectivity index (χ0v) is 67.2. The molecule has 0 amide bonds.